The lowest BCUT2D eigenvalue weighted by molar-refractivity contribution is -0.113. The number of nitrogens with one attached hydrogen (secondary N) is 1. The molecule has 0 radical (unpaired) electrons. The van der Waals surface area contributed by atoms with Crippen LogP contribution in [0.25, 0.3) is 0 Å². The topological polar surface area (TPSA) is 58.4 Å². The molecule has 0 heterocycles. The average Bonchev–Trinajstić information content (AvgIpc) is 2.43. The third-order valence-corrected chi connectivity index (χ3v) is 4.21. The van der Waals surface area contributed by atoms with Crippen molar-refractivity contribution in [1.29, 1.82) is 0 Å². The highest BCUT2D eigenvalue weighted by atomic mass is 35.5. The zero-order chi connectivity index (χ0) is 15.0. The van der Waals surface area contributed by atoms with Crippen LogP contribution in [-0.4, -0.2) is 41.9 Å². The number of carbonyl (C=O) groups is 1. The van der Waals surface area contributed by atoms with Gasteiger partial charge in [0.25, 0.3) is 0 Å². The van der Waals surface area contributed by atoms with Gasteiger partial charge < -0.3 is 16.0 Å². The van der Waals surface area contributed by atoms with Crippen molar-refractivity contribution in [2.75, 3.05) is 42.2 Å². The number of nitrogen functional groups attached to an aromatic ring is 1. The standard InChI is InChI=1S/C14H22ClN3OS/c1-3-18(4-2)7-8-20-10-14(19)17-13-9-11(16)5-6-12(13)15/h5-6,9H,3-4,7-8,10,16H2,1-2H3,(H,17,19). The predicted molar refractivity (Wildman–Crippen MR) is 89.6 cm³/mol. The van der Waals surface area contributed by atoms with Crippen LogP contribution < -0.4 is 11.1 Å². The number of thioether (sulfide) groups is 1. The van der Waals surface area contributed by atoms with Crippen LogP contribution in [0.4, 0.5) is 11.4 Å². The molecule has 0 aliphatic carbocycles. The van der Waals surface area contributed by atoms with Crippen LogP contribution in [0, 0.1) is 0 Å². The van der Waals surface area contributed by atoms with Crippen LogP contribution in [0.2, 0.25) is 5.02 Å². The van der Waals surface area contributed by atoms with E-state index in [1.807, 2.05) is 0 Å². The molecule has 0 aliphatic heterocycles. The van der Waals surface area contributed by atoms with Crippen molar-refractivity contribution in [2.24, 2.45) is 0 Å². The van der Waals surface area contributed by atoms with Gasteiger partial charge in [-0.25, -0.2) is 0 Å². The molecule has 1 rings (SSSR count). The number of nitrogens with zero attached hydrogens (tertiary/aromatic N) is 1. The molecular weight excluding hydrogens is 294 g/mol. The van der Waals surface area contributed by atoms with Gasteiger partial charge in [0.15, 0.2) is 0 Å². The van der Waals surface area contributed by atoms with Crippen molar-refractivity contribution in [3.8, 4) is 0 Å². The van der Waals surface area contributed by atoms with Gasteiger partial charge in [-0.15, -0.1) is 0 Å². The number of nitrogens with two attached hydrogens (primary N) is 1. The third-order valence-electron chi connectivity index (χ3n) is 2.94. The van der Waals surface area contributed by atoms with E-state index in [9.17, 15) is 4.79 Å². The molecule has 4 nitrogen and oxygen atoms in total. The van der Waals surface area contributed by atoms with Gasteiger partial charge >= 0.3 is 0 Å². The summed E-state index contributed by atoms with van der Waals surface area (Å²) in [6.45, 7) is 7.37. The van der Waals surface area contributed by atoms with Crippen LogP contribution in [0.15, 0.2) is 18.2 Å². The second-order valence-electron chi connectivity index (χ2n) is 4.37. The molecule has 1 aromatic carbocycles. The third kappa shape index (κ3) is 6.03. The molecule has 6 heteroatoms. The Kier molecular flexibility index (Phi) is 7.80. The fourth-order valence-corrected chi connectivity index (χ4v) is 2.68. The van der Waals surface area contributed by atoms with E-state index in [0.717, 1.165) is 25.4 Å². The normalized spacial score (nSPS) is 10.8. The van der Waals surface area contributed by atoms with Crippen molar-refractivity contribution in [2.45, 2.75) is 13.8 Å². The Hall–Kier alpha value is -0.910. The Labute approximate surface area is 130 Å². The monoisotopic (exact) mass is 315 g/mol. The smallest absolute Gasteiger partial charge is 0.234 e. The van der Waals surface area contributed by atoms with Gasteiger partial charge in [-0.05, 0) is 31.3 Å². The van der Waals surface area contributed by atoms with E-state index in [2.05, 4.69) is 24.1 Å². The number of amides is 1. The van der Waals surface area contributed by atoms with Crippen LogP contribution in [0.5, 0.6) is 0 Å². The second-order valence-corrected chi connectivity index (χ2v) is 5.88. The molecule has 0 aliphatic rings. The number of rotatable bonds is 8. The van der Waals surface area contributed by atoms with Gasteiger partial charge in [0.1, 0.15) is 0 Å². The zero-order valence-electron chi connectivity index (χ0n) is 12.0. The van der Waals surface area contributed by atoms with Crippen LogP contribution in [0.1, 0.15) is 13.8 Å². The van der Waals surface area contributed by atoms with Crippen molar-refractivity contribution in [3.63, 3.8) is 0 Å². The Morgan fingerprint density at radius 3 is 2.75 bits per heavy atom. The molecule has 0 spiro atoms. The van der Waals surface area contributed by atoms with Crippen molar-refractivity contribution in [1.82, 2.24) is 4.90 Å². The highest BCUT2D eigenvalue weighted by Gasteiger charge is 2.07. The van der Waals surface area contributed by atoms with Crippen LogP contribution >= 0.6 is 23.4 Å². The number of halogens is 1. The Bertz CT molecular complexity index is 438. The predicted octanol–water partition coefficient (Wildman–Crippen LogP) is 2.94. The number of benzene rings is 1. The van der Waals surface area contributed by atoms with E-state index in [0.29, 0.717) is 22.2 Å². The molecule has 0 bridgehead atoms. The Morgan fingerprint density at radius 2 is 2.10 bits per heavy atom. The van der Waals surface area contributed by atoms with E-state index < -0.39 is 0 Å². The molecule has 0 atom stereocenters. The summed E-state index contributed by atoms with van der Waals surface area (Å²) in [5, 5.41) is 3.28. The highest BCUT2D eigenvalue weighted by molar-refractivity contribution is 7.99. The van der Waals surface area contributed by atoms with E-state index in [1.165, 1.54) is 0 Å². The van der Waals surface area contributed by atoms with E-state index in [-0.39, 0.29) is 5.91 Å². The first-order valence-corrected chi connectivity index (χ1v) is 8.25. The SMILES string of the molecule is CCN(CC)CCSCC(=O)Nc1cc(N)ccc1Cl. The fourth-order valence-electron chi connectivity index (χ4n) is 1.72. The van der Waals surface area contributed by atoms with Crippen LogP contribution in [-0.2, 0) is 4.79 Å². The van der Waals surface area contributed by atoms with Crippen molar-refractivity contribution < 1.29 is 4.79 Å². The van der Waals surface area contributed by atoms with Gasteiger partial charge in [0, 0.05) is 18.0 Å². The molecule has 0 fully saturated rings. The summed E-state index contributed by atoms with van der Waals surface area (Å²) in [6.07, 6.45) is 0. The zero-order valence-corrected chi connectivity index (χ0v) is 13.6. The summed E-state index contributed by atoms with van der Waals surface area (Å²) in [5.41, 5.74) is 6.82. The molecule has 20 heavy (non-hydrogen) atoms. The largest absolute Gasteiger partial charge is 0.399 e. The summed E-state index contributed by atoms with van der Waals surface area (Å²) in [6, 6.07) is 5.05. The minimum atomic E-state index is -0.0537. The molecule has 1 amide bonds. The maximum Gasteiger partial charge on any atom is 0.234 e. The maximum absolute atomic E-state index is 11.8. The summed E-state index contributed by atoms with van der Waals surface area (Å²) in [4.78, 5) is 14.1. The quantitative estimate of drug-likeness (QED) is 0.572. The number of hydrogen-bond acceptors (Lipinski definition) is 4. The van der Waals surface area contributed by atoms with Crippen molar-refractivity contribution in [3.05, 3.63) is 23.2 Å². The van der Waals surface area contributed by atoms with Gasteiger partial charge in [-0.1, -0.05) is 25.4 Å². The van der Waals surface area contributed by atoms with Crippen molar-refractivity contribution >= 4 is 40.6 Å². The summed E-state index contributed by atoms with van der Waals surface area (Å²) in [7, 11) is 0. The Morgan fingerprint density at radius 1 is 1.40 bits per heavy atom. The second kappa shape index (κ2) is 9.10. The number of hydrogen-bond donors (Lipinski definition) is 2. The number of anilines is 2. The molecular formula is C14H22ClN3OS. The van der Waals surface area contributed by atoms with Gasteiger partial charge in [-0.2, -0.15) is 11.8 Å². The molecule has 3 N–H and O–H groups in total. The van der Waals surface area contributed by atoms with Crippen LogP contribution in [0.3, 0.4) is 0 Å². The average molecular weight is 316 g/mol. The van der Waals surface area contributed by atoms with E-state index in [4.69, 9.17) is 17.3 Å². The molecule has 1 aromatic rings. The number of carbonyl (C=O) groups excluding carboxylic acids is 1. The van der Waals surface area contributed by atoms with Gasteiger partial charge in [-0.3, -0.25) is 4.79 Å². The first-order chi connectivity index (χ1) is 9.56. The van der Waals surface area contributed by atoms with E-state index in [1.54, 1.807) is 30.0 Å². The lowest BCUT2D eigenvalue weighted by atomic mass is 10.3. The Balaban J connectivity index is 2.32. The molecule has 0 unspecified atom stereocenters. The summed E-state index contributed by atoms with van der Waals surface area (Å²) < 4.78 is 0. The minimum absolute atomic E-state index is 0.0537. The highest BCUT2D eigenvalue weighted by Crippen LogP contribution is 2.24. The molecule has 0 saturated carbocycles. The minimum Gasteiger partial charge on any atom is -0.399 e. The maximum atomic E-state index is 11.8. The van der Waals surface area contributed by atoms with E-state index >= 15 is 0 Å². The lowest BCUT2D eigenvalue weighted by Crippen LogP contribution is -2.26. The lowest BCUT2D eigenvalue weighted by Gasteiger charge is -2.17. The fraction of sp³-hybridized carbons (Fsp3) is 0.500. The van der Waals surface area contributed by atoms with Gasteiger partial charge in [0.2, 0.25) is 5.91 Å². The summed E-state index contributed by atoms with van der Waals surface area (Å²) in [5.74, 6) is 1.31. The molecule has 112 valence electrons. The first kappa shape index (κ1) is 17.1. The van der Waals surface area contributed by atoms with Gasteiger partial charge in [0.05, 0.1) is 16.5 Å². The summed E-state index contributed by atoms with van der Waals surface area (Å²) >= 11 is 7.62. The molecule has 0 aromatic heterocycles. The first-order valence-electron chi connectivity index (χ1n) is 6.71. The molecule has 0 saturated heterocycles.